The molecule has 16 heavy (non-hydrogen) atoms. The number of hydrogen-bond acceptors (Lipinski definition) is 3. The maximum atomic E-state index is 12.0. The lowest BCUT2D eigenvalue weighted by Gasteiger charge is -2.16. The standard InChI is InChI=1S/C12H15NO2S/c14-16(15,12-7-2-1-3-8-12)10-11-6-4-5-9-13-11/h1-3,7-8,10,13H,4-6,9H2/b11-10+. The number of sulfone groups is 1. The van der Waals surface area contributed by atoms with Crippen molar-refractivity contribution in [3.63, 3.8) is 0 Å². The van der Waals surface area contributed by atoms with Crippen molar-refractivity contribution in [3.8, 4) is 0 Å². The number of hydrogen-bond donors (Lipinski definition) is 1. The van der Waals surface area contributed by atoms with E-state index in [1.54, 1.807) is 24.3 Å². The Bertz CT molecular complexity index is 469. The molecule has 1 aliphatic heterocycles. The molecule has 0 unspecified atom stereocenters. The van der Waals surface area contributed by atoms with Gasteiger partial charge in [0.05, 0.1) is 10.3 Å². The number of benzene rings is 1. The molecule has 1 N–H and O–H groups in total. The summed E-state index contributed by atoms with van der Waals surface area (Å²) in [6.45, 7) is 0.871. The molecule has 0 amide bonds. The Kier molecular flexibility index (Phi) is 3.29. The highest BCUT2D eigenvalue weighted by Gasteiger charge is 2.13. The van der Waals surface area contributed by atoms with Gasteiger partial charge in [0, 0.05) is 12.2 Å². The second-order valence-electron chi connectivity index (χ2n) is 3.89. The average Bonchev–Trinajstić information content (AvgIpc) is 2.31. The highest BCUT2D eigenvalue weighted by atomic mass is 32.2. The maximum absolute atomic E-state index is 12.0. The summed E-state index contributed by atoms with van der Waals surface area (Å²) in [5.74, 6) is 0. The zero-order valence-corrected chi connectivity index (χ0v) is 9.83. The van der Waals surface area contributed by atoms with Crippen LogP contribution in [0.15, 0.2) is 46.3 Å². The number of allylic oxidation sites excluding steroid dienone is 1. The molecule has 1 aromatic rings. The van der Waals surface area contributed by atoms with Crippen LogP contribution in [0.1, 0.15) is 19.3 Å². The number of piperidine rings is 1. The molecule has 1 aliphatic rings. The van der Waals surface area contributed by atoms with Gasteiger partial charge in [-0.3, -0.25) is 0 Å². The van der Waals surface area contributed by atoms with Gasteiger partial charge in [0.1, 0.15) is 0 Å². The molecular weight excluding hydrogens is 222 g/mol. The Morgan fingerprint density at radius 3 is 2.50 bits per heavy atom. The maximum Gasteiger partial charge on any atom is 0.201 e. The Hall–Kier alpha value is -1.29. The van der Waals surface area contributed by atoms with Crippen molar-refractivity contribution in [1.82, 2.24) is 5.32 Å². The van der Waals surface area contributed by atoms with Crippen LogP contribution in [-0.2, 0) is 9.84 Å². The first-order valence-electron chi connectivity index (χ1n) is 5.43. The van der Waals surface area contributed by atoms with Gasteiger partial charge < -0.3 is 5.32 Å². The number of rotatable bonds is 2. The van der Waals surface area contributed by atoms with Crippen molar-refractivity contribution in [2.24, 2.45) is 0 Å². The van der Waals surface area contributed by atoms with Gasteiger partial charge in [-0.05, 0) is 31.4 Å². The molecule has 1 saturated heterocycles. The van der Waals surface area contributed by atoms with Crippen LogP contribution in [0.5, 0.6) is 0 Å². The fourth-order valence-electron chi connectivity index (χ4n) is 1.74. The predicted molar refractivity (Wildman–Crippen MR) is 63.6 cm³/mol. The van der Waals surface area contributed by atoms with Crippen molar-refractivity contribution >= 4 is 9.84 Å². The molecule has 86 valence electrons. The first-order valence-corrected chi connectivity index (χ1v) is 6.98. The van der Waals surface area contributed by atoms with E-state index in [1.165, 1.54) is 5.41 Å². The van der Waals surface area contributed by atoms with E-state index in [0.717, 1.165) is 31.5 Å². The molecule has 0 bridgehead atoms. The first-order chi connectivity index (χ1) is 7.68. The van der Waals surface area contributed by atoms with Crippen molar-refractivity contribution in [2.75, 3.05) is 6.54 Å². The Morgan fingerprint density at radius 2 is 1.88 bits per heavy atom. The fraction of sp³-hybridized carbons (Fsp3) is 0.333. The van der Waals surface area contributed by atoms with E-state index in [0.29, 0.717) is 4.90 Å². The lowest BCUT2D eigenvalue weighted by Crippen LogP contribution is -2.20. The third-order valence-electron chi connectivity index (χ3n) is 2.59. The molecule has 2 rings (SSSR count). The van der Waals surface area contributed by atoms with E-state index in [1.807, 2.05) is 6.07 Å². The SMILES string of the molecule is O=S(=O)(/C=C1\CCCCN1)c1ccccc1. The van der Waals surface area contributed by atoms with Crippen molar-refractivity contribution < 1.29 is 8.42 Å². The fourth-order valence-corrected chi connectivity index (χ4v) is 2.99. The van der Waals surface area contributed by atoms with Gasteiger partial charge in [-0.1, -0.05) is 18.2 Å². The summed E-state index contributed by atoms with van der Waals surface area (Å²) in [4.78, 5) is 0.356. The smallest absolute Gasteiger partial charge is 0.201 e. The van der Waals surface area contributed by atoms with Crippen LogP contribution in [0.25, 0.3) is 0 Å². The van der Waals surface area contributed by atoms with Crippen LogP contribution in [0.4, 0.5) is 0 Å². The van der Waals surface area contributed by atoms with E-state index < -0.39 is 9.84 Å². The van der Waals surface area contributed by atoms with E-state index in [4.69, 9.17) is 0 Å². The van der Waals surface area contributed by atoms with Gasteiger partial charge in [-0.2, -0.15) is 0 Å². The van der Waals surface area contributed by atoms with Crippen molar-refractivity contribution in [1.29, 1.82) is 0 Å². The van der Waals surface area contributed by atoms with Crippen LogP contribution in [0.2, 0.25) is 0 Å². The molecule has 0 spiro atoms. The molecular formula is C12H15NO2S. The van der Waals surface area contributed by atoms with E-state index in [2.05, 4.69) is 5.32 Å². The van der Waals surface area contributed by atoms with Crippen molar-refractivity contribution in [3.05, 3.63) is 41.4 Å². The predicted octanol–water partition coefficient (Wildman–Crippen LogP) is 2.08. The summed E-state index contributed by atoms with van der Waals surface area (Å²) in [6, 6.07) is 8.52. The zero-order valence-electron chi connectivity index (χ0n) is 9.02. The van der Waals surface area contributed by atoms with Gasteiger partial charge >= 0.3 is 0 Å². The minimum absolute atomic E-state index is 0.356. The third kappa shape index (κ3) is 2.64. The Morgan fingerprint density at radius 1 is 1.12 bits per heavy atom. The number of nitrogens with one attached hydrogen (secondary N) is 1. The highest BCUT2D eigenvalue weighted by Crippen LogP contribution is 2.17. The second-order valence-corrected chi connectivity index (χ2v) is 5.68. The Balaban J connectivity index is 2.26. The summed E-state index contributed by atoms with van der Waals surface area (Å²) in [5, 5.41) is 4.49. The summed E-state index contributed by atoms with van der Waals surface area (Å²) in [7, 11) is -3.28. The summed E-state index contributed by atoms with van der Waals surface area (Å²) >= 11 is 0. The van der Waals surface area contributed by atoms with Gasteiger partial charge in [0.2, 0.25) is 9.84 Å². The van der Waals surface area contributed by atoms with E-state index >= 15 is 0 Å². The lowest BCUT2D eigenvalue weighted by molar-refractivity contribution is 0.583. The topological polar surface area (TPSA) is 46.2 Å². The lowest BCUT2D eigenvalue weighted by atomic mass is 10.1. The van der Waals surface area contributed by atoms with Crippen LogP contribution in [0.3, 0.4) is 0 Å². The molecule has 0 aromatic heterocycles. The van der Waals surface area contributed by atoms with Crippen molar-refractivity contribution in [2.45, 2.75) is 24.2 Å². The van der Waals surface area contributed by atoms with Crippen LogP contribution >= 0.6 is 0 Å². The zero-order chi connectivity index (χ0) is 11.4. The quantitative estimate of drug-likeness (QED) is 0.856. The largest absolute Gasteiger partial charge is 0.388 e. The van der Waals surface area contributed by atoms with Crippen LogP contribution < -0.4 is 5.32 Å². The third-order valence-corrected chi connectivity index (χ3v) is 4.12. The Labute approximate surface area is 96.1 Å². The summed E-state index contributed by atoms with van der Waals surface area (Å²) in [6.07, 6.45) is 3.00. The molecule has 3 nitrogen and oxygen atoms in total. The van der Waals surface area contributed by atoms with E-state index in [-0.39, 0.29) is 0 Å². The average molecular weight is 237 g/mol. The molecule has 0 radical (unpaired) electrons. The van der Waals surface area contributed by atoms with Gasteiger partial charge in [0.25, 0.3) is 0 Å². The molecule has 0 saturated carbocycles. The summed E-state index contributed by atoms with van der Waals surface area (Å²) < 4.78 is 24.0. The first kappa shape index (κ1) is 11.2. The molecule has 1 fully saturated rings. The van der Waals surface area contributed by atoms with E-state index in [9.17, 15) is 8.42 Å². The monoisotopic (exact) mass is 237 g/mol. The molecule has 0 aliphatic carbocycles. The van der Waals surface area contributed by atoms with Crippen LogP contribution in [0, 0.1) is 0 Å². The highest BCUT2D eigenvalue weighted by molar-refractivity contribution is 7.94. The minimum Gasteiger partial charge on any atom is -0.388 e. The molecule has 4 heteroatoms. The normalized spacial score (nSPS) is 19.4. The van der Waals surface area contributed by atoms with Gasteiger partial charge in [0.15, 0.2) is 0 Å². The van der Waals surface area contributed by atoms with Gasteiger partial charge in [-0.25, -0.2) is 8.42 Å². The molecule has 1 heterocycles. The summed E-state index contributed by atoms with van der Waals surface area (Å²) in [5.41, 5.74) is 0.829. The second kappa shape index (κ2) is 4.70. The minimum atomic E-state index is -3.28. The van der Waals surface area contributed by atoms with Gasteiger partial charge in [-0.15, -0.1) is 0 Å². The van der Waals surface area contributed by atoms with Crippen LogP contribution in [-0.4, -0.2) is 15.0 Å². The molecule has 1 aromatic carbocycles. The molecule has 0 atom stereocenters.